The summed E-state index contributed by atoms with van der Waals surface area (Å²) in [4.78, 5) is 20.1. The predicted octanol–water partition coefficient (Wildman–Crippen LogP) is 4.58. The van der Waals surface area contributed by atoms with Crippen molar-refractivity contribution in [1.82, 2.24) is 14.5 Å². The van der Waals surface area contributed by atoms with E-state index >= 15 is 0 Å². The molecule has 0 saturated carbocycles. The maximum absolute atomic E-state index is 13.0. The summed E-state index contributed by atoms with van der Waals surface area (Å²) >= 11 is 1.79. The van der Waals surface area contributed by atoms with E-state index < -0.39 is 0 Å². The molecule has 2 fully saturated rings. The molecule has 8 heteroatoms. The molecule has 0 unspecified atom stereocenters. The van der Waals surface area contributed by atoms with Gasteiger partial charge in [-0.05, 0) is 70.3 Å². The number of nitrogens with one attached hydrogen (secondary N) is 1. The number of hydrogen-bond donors (Lipinski definition) is 1. The standard InChI is InChI=1S/C26H31N5O2S/c1-17-18(2)31(15-20-6-5-13-33-20)25(21(17)14-27)29-24(32)16-30-11-9-19(10-12-30)26-28-22-7-3-4-8-23(22)34-26/h3-4,7-8,19-20H,5-6,9-13,15-16H2,1-2H3,(H,29,32)/t20-/m1/s1. The normalized spacial score (nSPS) is 19.5. The average molecular weight is 478 g/mol. The fraction of sp³-hybridized carbons (Fsp3) is 0.500. The van der Waals surface area contributed by atoms with Crippen LogP contribution < -0.4 is 5.32 Å². The first-order valence-corrected chi connectivity index (χ1v) is 12.9. The summed E-state index contributed by atoms with van der Waals surface area (Å²) in [7, 11) is 0. The van der Waals surface area contributed by atoms with Crippen LogP contribution in [0.2, 0.25) is 0 Å². The molecule has 3 aromatic rings. The Hall–Kier alpha value is -2.73. The summed E-state index contributed by atoms with van der Waals surface area (Å²) in [6.45, 7) is 7.47. The van der Waals surface area contributed by atoms with Crippen molar-refractivity contribution in [2.24, 2.45) is 0 Å². The molecule has 1 aromatic carbocycles. The largest absolute Gasteiger partial charge is 0.376 e. The molecule has 4 heterocycles. The highest BCUT2D eigenvalue weighted by Crippen LogP contribution is 2.34. The van der Waals surface area contributed by atoms with Crippen LogP contribution in [0.25, 0.3) is 10.2 Å². The quantitative estimate of drug-likeness (QED) is 0.562. The summed E-state index contributed by atoms with van der Waals surface area (Å²) in [5.74, 6) is 0.999. The summed E-state index contributed by atoms with van der Waals surface area (Å²) < 4.78 is 9.11. The van der Waals surface area contributed by atoms with Gasteiger partial charge in [0.1, 0.15) is 11.9 Å². The van der Waals surface area contributed by atoms with Gasteiger partial charge in [-0.3, -0.25) is 9.69 Å². The van der Waals surface area contributed by atoms with E-state index in [2.05, 4.69) is 39.1 Å². The summed E-state index contributed by atoms with van der Waals surface area (Å²) in [6.07, 6.45) is 4.21. The number of carbonyl (C=O) groups excluding carboxylic acids is 1. The van der Waals surface area contributed by atoms with Gasteiger partial charge in [-0.1, -0.05) is 12.1 Å². The van der Waals surface area contributed by atoms with Crippen LogP contribution >= 0.6 is 11.3 Å². The van der Waals surface area contributed by atoms with Crippen molar-refractivity contribution in [2.45, 2.75) is 58.1 Å². The first kappa shape index (κ1) is 23.0. The van der Waals surface area contributed by atoms with E-state index in [-0.39, 0.29) is 12.0 Å². The molecular formula is C26H31N5O2S. The number of nitrogens with zero attached hydrogens (tertiary/aromatic N) is 4. The van der Waals surface area contributed by atoms with Gasteiger partial charge in [0.25, 0.3) is 0 Å². The van der Waals surface area contributed by atoms with E-state index in [9.17, 15) is 10.1 Å². The molecule has 0 aliphatic carbocycles. The summed E-state index contributed by atoms with van der Waals surface area (Å²) in [6, 6.07) is 10.6. The average Bonchev–Trinajstić information content (AvgIpc) is 3.56. The number of nitriles is 1. The maximum Gasteiger partial charge on any atom is 0.239 e. The van der Waals surface area contributed by atoms with Crippen LogP contribution in [0.4, 0.5) is 5.82 Å². The minimum absolute atomic E-state index is 0.0685. The second kappa shape index (κ2) is 9.87. The number of fused-ring (bicyclic) bond motifs is 1. The first-order chi connectivity index (χ1) is 16.5. The molecule has 2 aliphatic heterocycles. The van der Waals surface area contributed by atoms with Crippen LogP contribution in [0.1, 0.15) is 53.4 Å². The van der Waals surface area contributed by atoms with Crippen LogP contribution in [0.5, 0.6) is 0 Å². The molecular weight excluding hydrogens is 446 g/mol. The molecule has 2 aliphatic rings. The Morgan fingerprint density at radius 1 is 1.26 bits per heavy atom. The second-order valence-electron chi connectivity index (χ2n) is 9.41. The predicted molar refractivity (Wildman–Crippen MR) is 134 cm³/mol. The minimum Gasteiger partial charge on any atom is -0.376 e. The van der Waals surface area contributed by atoms with Crippen LogP contribution in [0.3, 0.4) is 0 Å². The molecule has 1 N–H and O–H groups in total. The Bertz CT molecular complexity index is 1190. The van der Waals surface area contributed by atoms with Gasteiger partial charge in [0, 0.05) is 18.2 Å². The topological polar surface area (TPSA) is 83.2 Å². The zero-order valence-electron chi connectivity index (χ0n) is 19.8. The van der Waals surface area contributed by atoms with Crippen molar-refractivity contribution in [3.63, 3.8) is 0 Å². The fourth-order valence-corrected chi connectivity index (χ4v) is 6.26. The van der Waals surface area contributed by atoms with E-state index in [1.807, 2.05) is 19.9 Å². The van der Waals surface area contributed by atoms with Crippen molar-refractivity contribution in [3.05, 3.63) is 46.1 Å². The summed E-state index contributed by atoms with van der Waals surface area (Å²) in [5.41, 5.74) is 3.57. The molecule has 1 atom stereocenters. The molecule has 0 bridgehead atoms. The first-order valence-electron chi connectivity index (χ1n) is 12.1. The monoisotopic (exact) mass is 477 g/mol. The van der Waals surface area contributed by atoms with Crippen molar-refractivity contribution in [2.75, 3.05) is 31.6 Å². The number of ether oxygens (including phenoxy) is 1. The number of hydrogen-bond acceptors (Lipinski definition) is 6. The van der Waals surface area contributed by atoms with Crippen LogP contribution in [0.15, 0.2) is 24.3 Å². The summed E-state index contributed by atoms with van der Waals surface area (Å²) in [5, 5.41) is 14.0. The highest BCUT2D eigenvalue weighted by Gasteiger charge is 2.27. The highest BCUT2D eigenvalue weighted by molar-refractivity contribution is 7.18. The van der Waals surface area contributed by atoms with Crippen molar-refractivity contribution in [1.29, 1.82) is 5.26 Å². The van der Waals surface area contributed by atoms with Gasteiger partial charge in [0.15, 0.2) is 0 Å². The lowest BCUT2D eigenvalue weighted by atomic mass is 9.97. The molecule has 34 heavy (non-hydrogen) atoms. The lowest BCUT2D eigenvalue weighted by Gasteiger charge is -2.30. The van der Waals surface area contributed by atoms with E-state index in [0.717, 1.165) is 62.2 Å². The Labute approximate surface area is 204 Å². The number of carbonyl (C=O) groups is 1. The van der Waals surface area contributed by atoms with Gasteiger partial charge in [0.05, 0.1) is 40.0 Å². The molecule has 0 radical (unpaired) electrons. The van der Waals surface area contributed by atoms with Gasteiger partial charge in [-0.2, -0.15) is 5.26 Å². The minimum atomic E-state index is -0.0685. The molecule has 2 aromatic heterocycles. The Morgan fingerprint density at radius 3 is 2.76 bits per heavy atom. The van der Waals surface area contributed by atoms with Crippen LogP contribution in [0, 0.1) is 25.2 Å². The van der Waals surface area contributed by atoms with E-state index in [1.54, 1.807) is 11.3 Å². The third kappa shape index (κ3) is 4.61. The molecule has 7 nitrogen and oxygen atoms in total. The van der Waals surface area contributed by atoms with Crippen molar-refractivity contribution in [3.8, 4) is 6.07 Å². The smallest absolute Gasteiger partial charge is 0.239 e. The molecule has 5 rings (SSSR count). The SMILES string of the molecule is Cc1c(C#N)c(NC(=O)CN2CCC(c3nc4ccccc4s3)CC2)n(C[C@H]2CCCO2)c1C. The third-order valence-electron chi connectivity index (χ3n) is 7.22. The zero-order chi connectivity index (χ0) is 23.7. The molecule has 2 saturated heterocycles. The Kier molecular flexibility index (Phi) is 6.68. The van der Waals surface area contributed by atoms with Crippen LogP contribution in [-0.4, -0.2) is 52.7 Å². The number of para-hydroxylation sites is 1. The van der Waals surface area contributed by atoms with Gasteiger partial charge < -0.3 is 14.6 Å². The zero-order valence-corrected chi connectivity index (χ0v) is 20.7. The number of benzene rings is 1. The molecule has 1 amide bonds. The number of rotatable bonds is 6. The lowest BCUT2D eigenvalue weighted by Crippen LogP contribution is -2.39. The van der Waals surface area contributed by atoms with Gasteiger partial charge in [-0.15, -0.1) is 11.3 Å². The highest BCUT2D eigenvalue weighted by atomic mass is 32.1. The Balaban J connectivity index is 1.22. The van der Waals surface area contributed by atoms with E-state index in [4.69, 9.17) is 9.72 Å². The van der Waals surface area contributed by atoms with Crippen molar-refractivity contribution >= 4 is 33.3 Å². The fourth-order valence-electron chi connectivity index (χ4n) is 5.13. The lowest BCUT2D eigenvalue weighted by molar-refractivity contribution is -0.117. The molecule has 0 spiro atoms. The van der Waals surface area contributed by atoms with Gasteiger partial charge in [-0.25, -0.2) is 4.98 Å². The van der Waals surface area contributed by atoms with Crippen molar-refractivity contribution < 1.29 is 9.53 Å². The molecule has 178 valence electrons. The number of anilines is 1. The number of thiazole rings is 1. The van der Waals surface area contributed by atoms with Gasteiger partial charge in [0.2, 0.25) is 5.91 Å². The van der Waals surface area contributed by atoms with Gasteiger partial charge >= 0.3 is 0 Å². The van der Waals surface area contributed by atoms with Crippen LogP contribution in [-0.2, 0) is 16.1 Å². The Morgan fingerprint density at radius 2 is 2.06 bits per heavy atom. The van der Waals surface area contributed by atoms with E-state index in [1.165, 1.54) is 9.71 Å². The number of aromatic nitrogens is 2. The number of piperidine rings is 1. The maximum atomic E-state index is 13.0. The number of amides is 1. The van der Waals surface area contributed by atoms with E-state index in [0.29, 0.717) is 30.4 Å². The second-order valence-corrected chi connectivity index (χ2v) is 10.5. The third-order valence-corrected chi connectivity index (χ3v) is 8.42. The number of likely N-dealkylation sites (tertiary alicyclic amines) is 1.